The Kier molecular flexibility index (Phi) is 3.83. The van der Waals surface area contributed by atoms with Crippen LogP contribution in [0.25, 0.3) is 0 Å². The van der Waals surface area contributed by atoms with Crippen molar-refractivity contribution in [3.8, 4) is 11.5 Å². The van der Waals surface area contributed by atoms with Crippen LogP contribution in [0, 0.1) is 0 Å². The predicted molar refractivity (Wildman–Crippen MR) is 75.7 cm³/mol. The third-order valence-corrected chi connectivity index (χ3v) is 4.38. The number of aromatic hydroxyl groups is 2. The minimum Gasteiger partial charge on any atom is -0.504 e. The van der Waals surface area contributed by atoms with Gasteiger partial charge >= 0.3 is 0 Å². The molecule has 2 atom stereocenters. The fraction of sp³-hybridized carbons (Fsp3) is 0.600. The Morgan fingerprint density at radius 1 is 1.20 bits per heavy atom. The van der Waals surface area contributed by atoms with E-state index in [-0.39, 0.29) is 23.6 Å². The Hall–Kier alpha value is -1.30. The highest BCUT2D eigenvalue weighted by Gasteiger charge is 2.35. The number of nitrogens with zero attached hydrogens (tertiary/aromatic N) is 1. The molecule has 1 saturated heterocycles. The number of fused-ring (bicyclic) bond motifs is 1. The minimum absolute atomic E-state index is 0.0591. The van der Waals surface area contributed by atoms with E-state index in [1.54, 1.807) is 0 Å². The lowest BCUT2D eigenvalue weighted by Gasteiger charge is -2.40. The molecule has 0 spiro atoms. The summed E-state index contributed by atoms with van der Waals surface area (Å²) in [6.07, 6.45) is 3.28. The van der Waals surface area contributed by atoms with Gasteiger partial charge in [0.1, 0.15) is 6.23 Å². The van der Waals surface area contributed by atoms with Crippen LogP contribution >= 0.6 is 0 Å². The number of phenolic OH excluding ortho intramolecular Hbond substituents is 2. The van der Waals surface area contributed by atoms with Crippen LogP contribution in [0.3, 0.4) is 0 Å². The zero-order valence-electron chi connectivity index (χ0n) is 11.6. The van der Waals surface area contributed by atoms with Gasteiger partial charge < -0.3 is 20.7 Å². The molecule has 0 amide bonds. The van der Waals surface area contributed by atoms with Crippen molar-refractivity contribution in [2.45, 2.75) is 31.4 Å². The molecule has 0 aliphatic carbocycles. The summed E-state index contributed by atoms with van der Waals surface area (Å²) in [5.74, 6) is -0.0687. The lowest BCUT2D eigenvalue weighted by atomic mass is 9.89. The fourth-order valence-electron chi connectivity index (χ4n) is 3.24. The highest BCUT2D eigenvalue weighted by Crippen LogP contribution is 2.44. The van der Waals surface area contributed by atoms with Gasteiger partial charge in [0.2, 0.25) is 0 Å². The van der Waals surface area contributed by atoms with E-state index in [1.807, 2.05) is 6.07 Å². The zero-order valence-corrected chi connectivity index (χ0v) is 11.6. The van der Waals surface area contributed by atoms with Crippen molar-refractivity contribution < 1.29 is 14.9 Å². The molecule has 1 aromatic rings. The smallest absolute Gasteiger partial charge is 0.165 e. The second-order valence-corrected chi connectivity index (χ2v) is 5.65. The summed E-state index contributed by atoms with van der Waals surface area (Å²) < 4.78 is 5.96. The topological polar surface area (TPSA) is 79.0 Å². The standard InChI is InChI=1S/C15H22N2O3/c16-8-10-9-20-15(17-6-2-1-3-7-17)13-11(10)4-5-12(18)14(13)19/h4-5,10,15,18-19H,1-3,6-9,16H2. The number of benzene rings is 1. The quantitative estimate of drug-likeness (QED) is 0.717. The van der Waals surface area contributed by atoms with Crippen LogP contribution in [-0.4, -0.2) is 41.4 Å². The Bertz CT molecular complexity index is 486. The van der Waals surface area contributed by atoms with E-state index in [4.69, 9.17) is 10.5 Å². The van der Waals surface area contributed by atoms with Gasteiger partial charge in [0.25, 0.3) is 0 Å². The number of hydrogen-bond donors (Lipinski definition) is 3. The van der Waals surface area contributed by atoms with Crippen LogP contribution in [0.5, 0.6) is 11.5 Å². The van der Waals surface area contributed by atoms with E-state index >= 15 is 0 Å². The van der Waals surface area contributed by atoms with E-state index in [0.717, 1.165) is 31.5 Å². The third-order valence-electron chi connectivity index (χ3n) is 4.38. The molecule has 4 N–H and O–H groups in total. The number of nitrogens with two attached hydrogens (primary N) is 1. The van der Waals surface area contributed by atoms with E-state index in [9.17, 15) is 10.2 Å². The Morgan fingerprint density at radius 3 is 2.65 bits per heavy atom. The predicted octanol–water partition coefficient (Wildman–Crippen LogP) is 1.65. The van der Waals surface area contributed by atoms with Crippen molar-refractivity contribution in [2.24, 2.45) is 5.73 Å². The van der Waals surface area contributed by atoms with Gasteiger partial charge in [0.05, 0.1) is 6.61 Å². The first-order valence-corrected chi connectivity index (χ1v) is 7.33. The van der Waals surface area contributed by atoms with Crippen LogP contribution < -0.4 is 5.73 Å². The Morgan fingerprint density at radius 2 is 1.95 bits per heavy atom. The summed E-state index contributed by atoms with van der Waals surface area (Å²) in [6.45, 7) is 2.97. The molecule has 0 radical (unpaired) electrons. The van der Waals surface area contributed by atoms with Gasteiger partial charge in [0.15, 0.2) is 11.5 Å². The fourth-order valence-corrected chi connectivity index (χ4v) is 3.24. The normalized spacial score (nSPS) is 27.2. The average Bonchev–Trinajstić information content (AvgIpc) is 2.50. The molecule has 110 valence electrons. The van der Waals surface area contributed by atoms with Crippen LogP contribution in [0.4, 0.5) is 0 Å². The summed E-state index contributed by atoms with van der Waals surface area (Å²) in [5.41, 5.74) is 7.50. The monoisotopic (exact) mass is 278 g/mol. The zero-order chi connectivity index (χ0) is 14.1. The van der Waals surface area contributed by atoms with E-state index in [0.29, 0.717) is 18.7 Å². The summed E-state index contributed by atoms with van der Waals surface area (Å²) in [7, 11) is 0. The van der Waals surface area contributed by atoms with Crippen LogP contribution in [0.2, 0.25) is 0 Å². The van der Waals surface area contributed by atoms with Gasteiger partial charge in [0, 0.05) is 31.1 Å². The maximum Gasteiger partial charge on any atom is 0.165 e. The number of rotatable bonds is 2. The second kappa shape index (κ2) is 5.60. The van der Waals surface area contributed by atoms with Crippen molar-refractivity contribution >= 4 is 0 Å². The molecule has 2 aliphatic rings. The van der Waals surface area contributed by atoms with Gasteiger partial charge in [-0.2, -0.15) is 0 Å². The van der Waals surface area contributed by atoms with Crippen LogP contribution in [-0.2, 0) is 4.74 Å². The molecule has 3 rings (SSSR count). The largest absolute Gasteiger partial charge is 0.504 e. The second-order valence-electron chi connectivity index (χ2n) is 5.65. The molecular formula is C15H22N2O3. The number of likely N-dealkylation sites (tertiary alicyclic amines) is 1. The van der Waals surface area contributed by atoms with Gasteiger partial charge in [-0.25, -0.2) is 0 Å². The van der Waals surface area contributed by atoms with Crippen molar-refractivity contribution in [1.82, 2.24) is 4.90 Å². The molecule has 5 nitrogen and oxygen atoms in total. The van der Waals surface area contributed by atoms with Gasteiger partial charge in [-0.1, -0.05) is 12.5 Å². The Balaban J connectivity index is 2.00. The SMILES string of the molecule is NCC1COC(N2CCCCC2)c2c1ccc(O)c2O. The first-order chi connectivity index (χ1) is 9.72. The van der Waals surface area contributed by atoms with Crippen LogP contribution in [0.1, 0.15) is 42.5 Å². The van der Waals surface area contributed by atoms with Gasteiger partial charge in [-0.15, -0.1) is 0 Å². The average molecular weight is 278 g/mol. The minimum atomic E-state index is -0.264. The van der Waals surface area contributed by atoms with Crippen molar-refractivity contribution in [2.75, 3.05) is 26.2 Å². The number of phenols is 2. The highest BCUT2D eigenvalue weighted by atomic mass is 16.5. The summed E-state index contributed by atoms with van der Waals surface area (Å²) in [5, 5.41) is 20.1. The number of piperidine rings is 1. The first-order valence-electron chi connectivity index (χ1n) is 7.33. The van der Waals surface area contributed by atoms with E-state index in [1.165, 1.54) is 12.5 Å². The highest BCUT2D eigenvalue weighted by molar-refractivity contribution is 5.52. The van der Waals surface area contributed by atoms with E-state index < -0.39 is 0 Å². The van der Waals surface area contributed by atoms with E-state index in [2.05, 4.69) is 4.90 Å². The van der Waals surface area contributed by atoms with Crippen molar-refractivity contribution in [3.63, 3.8) is 0 Å². The first kappa shape index (κ1) is 13.7. The molecule has 0 saturated carbocycles. The molecule has 2 unspecified atom stereocenters. The summed E-state index contributed by atoms with van der Waals surface area (Å²) in [4.78, 5) is 2.24. The van der Waals surface area contributed by atoms with Gasteiger partial charge in [-0.05, 0) is 24.5 Å². The summed E-state index contributed by atoms with van der Waals surface area (Å²) in [6, 6.07) is 3.40. The molecule has 5 heteroatoms. The maximum absolute atomic E-state index is 10.3. The Labute approximate surface area is 119 Å². The molecule has 20 heavy (non-hydrogen) atoms. The third kappa shape index (κ3) is 2.26. The lowest BCUT2D eigenvalue weighted by molar-refractivity contribution is -0.0854. The van der Waals surface area contributed by atoms with Crippen LogP contribution in [0.15, 0.2) is 12.1 Å². The molecule has 2 aliphatic heterocycles. The molecule has 0 aromatic heterocycles. The maximum atomic E-state index is 10.3. The lowest BCUT2D eigenvalue weighted by Crippen LogP contribution is -2.39. The van der Waals surface area contributed by atoms with Crippen molar-refractivity contribution in [1.29, 1.82) is 0 Å². The molecule has 1 fully saturated rings. The molecule has 1 aromatic carbocycles. The van der Waals surface area contributed by atoms with Gasteiger partial charge in [-0.3, -0.25) is 4.90 Å². The molecule has 2 heterocycles. The number of ether oxygens (including phenoxy) is 1. The summed E-state index contributed by atoms with van der Waals surface area (Å²) >= 11 is 0. The molecular weight excluding hydrogens is 256 g/mol. The van der Waals surface area contributed by atoms with Crippen molar-refractivity contribution in [3.05, 3.63) is 23.3 Å². The molecule has 0 bridgehead atoms. The number of hydrogen-bond acceptors (Lipinski definition) is 5.